The fourth-order valence-corrected chi connectivity index (χ4v) is 3.54. The zero-order valence-corrected chi connectivity index (χ0v) is 13.6. The third-order valence-corrected chi connectivity index (χ3v) is 5.25. The summed E-state index contributed by atoms with van der Waals surface area (Å²) < 4.78 is 0. The Kier molecular flexibility index (Phi) is 4.32. The third-order valence-electron chi connectivity index (χ3n) is 5.25. The van der Waals surface area contributed by atoms with Gasteiger partial charge in [-0.3, -0.25) is 4.90 Å². The Bertz CT molecular complexity index is 548. The highest BCUT2D eigenvalue weighted by Crippen LogP contribution is 2.44. The summed E-state index contributed by atoms with van der Waals surface area (Å²) in [6.07, 6.45) is 4.84. The number of aliphatic imine (C=N–C) groups is 1. The van der Waals surface area contributed by atoms with Crippen LogP contribution in [0.5, 0.6) is 0 Å². The van der Waals surface area contributed by atoms with Crippen LogP contribution in [0, 0.1) is 0 Å². The summed E-state index contributed by atoms with van der Waals surface area (Å²) >= 11 is 0. The molecule has 0 bridgehead atoms. The average molecular weight is 299 g/mol. The van der Waals surface area contributed by atoms with Crippen LogP contribution in [0.4, 0.5) is 5.69 Å². The molecule has 0 spiro atoms. The van der Waals surface area contributed by atoms with Gasteiger partial charge in [0.05, 0.1) is 5.54 Å². The van der Waals surface area contributed by atoms with E-state index in [2.05, 4.69) is 52.9 Å². The number of nitrogens with zero attached hydrogens (tertiary/aromatic N) is 3. The Morgan fingerprint density at radius 2 is 1.73 bits per heavy atom. The van der Waals surface area contributed by atoms with E-state index in [1.807, 2.05) is 0 Å². The summed E-state index contributed by atoms with van der Waals surface area (Å²) in [5, 5.41) is 0. The van der Waals surface area contributed by atoms with E-state index in [1.165, 1.54) is 5.69 Å². The molecule has 0 amide bonds. The fraction of sp³-hybridized carbons (Fsp3) is 0.611. The van der Waals surface area contributed by atoms with E-state index >= 15 is 0 Å². The van der Waals surface area contributed by atoms with Crippen LogP contribution in [0.2, 0.25) is 0 Å². The van der Waals surface area contributed by atoms with Gasteiger partial charge in [0.15, 0.2) is 0 Å². The number of anilines is 1. The second kappa shape index (κ2) is 6.23. The summed E-state index contributed by atoms with van der Waals surface area (Å²) in [6, 6.07) is 9.28. The number of isocyanates is 1. The molecule has 22 heavy (non-hydrogen) atoms. The first-order chi connectivity index (χ1) is 10.6. The molecule has 1 saturated heterocycles. The van der Waals surface area contributed by atoms with Crippen LogP contribution >= 0.6 is 0 Å². The number of rotatable bonds is 4. The smallest absolute Gasteiger partial charge is 0.235 e. The Morgan fingerprint density at radius 3 is 2.18 bits per heavy atom. The molecule has 4 heteroatoms. The quantitative estimate of drug-likeness (QED) is 0.633. The van der Waals surface area contributed by atoms with Crippen molar-refractivity contribution in [2.24, 2.45) is 4.99 Å². The number of benzene rings is 1. The van der Waals surface area contributed by atoms with Crippen LogP contribution in [0.25, 0.3) is 0 Å². The van der Waals surface area contributed by atoms with Crippen molar-refractivity contribution in [3.05, 3.63) is 29.8 Å². The molecule has 3 rings (SSSR count). The van der Waals surface area contributed by atoms with E-state index in [4.69, 9.17) is 0 Å². The van der Waals surface area contributed by atoms with Gasteiger partial charge in [0, 0.05) is 37.9 Å². The first-order valence-corrected chi connectivity index (χ1v) is 8.33. The molecule has 2 aliphatic rings. The third kappa shape index (κ3) is 2.81. The van der Waals surface area contributed by atoms with Crippen LogP contribution in [-0.2, 0) is 10.3 Å². The average Bonchev–Trinajstić information content (AvgIpc) is 2.51. The summed E-state index contributed by atoms with van der Waals surface area (Å²) in [4.78, 5) is 19.7. The van der Waals surface area contributed by atoms with Crippen molar-refractivity contribution < 1.29 is 4.79 Å². The molecule has 0 aromatic heterocycles. The van der Waals surface area contributed by atoms with Gasteiger partial charge in [-0.2, -0.15) is 4.99 Å². The lowest BCUT2D eigenvalue weighted by atomic mass is 9.72. The second-order valence-corrected chi connectivity index (χ2v) is 6.75. The van der Waals surface area contributed by atoms with Crippen LogP contribution in [0.3, 0.4) is 0 Å². The molecule has 2 fully saturated rings. The Hall–Kier alpha value is -1.64. The minimum Gasteiger partial charge on any atom is -0.369 e. The summed E-state index contributed by atoms with van der Waals surface area (Å²) in [5.41, 5.74) is 2.15. The van der Waals surface area contributed by atoms with Gasteiger partial charge in [-0.05, 0) is 50.8 Å². The van der Waals surface area contributed by atoms with Crippen LogP contribution in [0.15, 0.2) is 29.3 Å². The lowest BCUT2D eigenvalue weighted by molar-refractivity contribution is 0.209. The zero-order chi connectivity index (χ0) is 15.6. The van der Waals surface area contributed by atoms with Crippen molar-refractivity contribution in [2.45, 2.75) is 44.7 Å². The van der Waals surface area contributed by atoms with Crippen molar-refractivity contribution in [1.82, 2.24) is 4.90 Å². The largest absolute Gasteiger partial charge is 0.369 e. The van der Waals surface area contributed by atoms with Gasteiger partial charge >= 0.3 is 0 Å². The predicted molar refractivity (Wildman–Crippen MR) is 89.0 cm³/mol. The highest BCUT2D eigenvalue weighted by Gasteiger charge is 2.38. The van der Waals surface area contributed by atoms with Crippen LogP contribution < -0.4 is 4.90 Å². The maximum Gasteiger partial charge on any atom is 0.235 e. The molecule has 0 atom stereocenters. The second-order valence-electron chi connectivity index (χ2n) is 6.75. The molecule has 0 unspecified atom stereocenters. The van der Waals surface area contributed by atoms with Gasteiger partial charge in [0.25, 0.3) is 0 Å². The van der Waals surface area contributed by atoms with E-state index in [0.29, 0.717) is 6.04 Å². The van der Waals surface area contributed by atoms with Crippen molar-refractivity contribution in [3.8, 4) is 0 Å². The van der Waals surface area contributed by atoms with Gasteiger partial charge in [0.1, 0.15) is 0 Å². The standard InChI is InChI=1S/C18H25N3O/c1-15(2)20-10-12-21(13-11-20)17-6-4-16(5-7-17)18(19-14-22)8-3-9-18/h4-7,15H,3,8-13H2,1-2H3. The number of hydrogen-bond acceptors (Lipinski definition) is 4. The summed E-state index contributed by atoms with van der Waals surface area (Å²) in [7, 11) is 0. The van der Waals surface area contributed by atoms with E-state index in [0.717, 1.165) is 51.0 Å². The van der Waals surface area contributed by atoms with Gasteiger partial charge in [-0.25, -0.2) is 4.79 Å². The van der Waals surface area contributed by atoms with Crippen molar-refractivity contribution in [3.63, 3.8) is 0 Å². The molecular weight excluding hydrogens is 274 g/mol. The minimum absolute atomic E-state index is 0.281. The van der Waals surface area contributed by atoms with E-state index < -0.39 is 0 Å². The Balaban J connectivity index is 1.69. The lowest BCUT2D eigenvalue weighted by Crippen LogP contribution is -2.48. The summed E-state index contributed by atoms with van der Waals surface area (Å²) in [6.45, 7) is 8.92. The van der Waals surface area contributed by atoms with Crippen molar-refractivity contribution in [2.75, 3.05) is 31.1 Å². The Morgan fingerprint density at radius 1 is 1.09 bits per heavy atom. The monoisotopic (exact) mass is 299 g/mol. The molecule has 1 aliphatic heterocycles. The molecule has 1 aromatic rings. The predicted octanol–water partition coefficient (Wildman–Crippen LogP) is 2.93. The van der Waals surface area contributed by atoms with Gasteiger partial charge in [-0.15, -0.1) is 0 Å². The first-order valence-electron chi connectivity index (χ1n) is 8.33. The molecule has 1 aliphatic carbocycles. The molecule has 1 saturated carbocycles. The SMILES string of the molecule is CC(C)N1CCN(c2ccc(C3(N=C=O)CCC3)cc2)CC1. The fourth-order valence-electron chi connectivity index (χ4n) is 3.54. The Labute approximate surface area is 132 Å². The highest BCUT2D eigenvalue weighted by molar-refractivity contribution is 5.50. The number of piperazine rings is 1. The molecule has 1 heterocycles. The van der Waals surface area contributed by atoms with Gasteiger partial charge in [-0.1, -0.05) is 12.1 Å². The topological polar surface area (TPSA) is 35.9 Å². The maximum atomic E-state index is 10.7. The van der Waals surface area contributed by atoms with Gasteiger partial charge in [0.2, 0.25) is 6.08 Å². The van der Waals surface area contributed by atoms with E-state index in [9.17, 15) is 4.79 Å². The lowest BCUT2D eigenvalue weighted by Gasteiger charge is -2.39. The van der Waals surface area contributed by atoms with E-state index in [-0.39, 0.29) is 5.54 Å². The van der Waals surface area contributed by atoms with Gasteiger partial charge < -0.3 is 4.90 Å². The normalized spacial score (nSPS) is 21.3. The zero-order valence-electron chi connectivity index (χ0n) is 13.6. The summed E-state index contributed by atoms with van der Waals surface area (Å²) in [5.74, 6) is 0. The van der Waals surface area contributed by atoms with E-state index in [1.54, 1.807) is 6.08 Å². The molecular formula is C18H25N3O. The molecule has 118 valence electrons. The number of hydrogen-bond donors (Lipinski definition) is 0. The minimum atomic E-state index is -0.281. The first kappa shape index (κ1) is 15.3. The van der Waals surface area contributed by atoms with Crippen LogP contribution in [-0.4, -0.2) is 43.2 Å². The molecule has 0 N–H and O–H groups in total. The van der Waals surface area contributed by atoms with Crippen molar-refractivity contribution >= 4 is 11.8 Å². The highest BCUT2D eigenvalue weighted by atomic mass is 16.1. The molecule has 4 nitrogen and oxygen atoms in total. The molecule has 0 radical (unpaired) electrons. The molecule has 1 aromatic carbocycles. The van der Waals surface area contributed by atoms with Crippen LogP contribution in [0.1, 0.15) is 38.7 Å². The number of carbonyl (C=O) groups excluding carboxylic acids is 1. The van der Waals surface area contributed by atoms with Crippen molar-refractivity contribution in [1.29, 1.82) is 0 Å². The maximum absolute atomic E-state index is 10.7.